The molecule has 0 fully saturated rings. The number of amides is 1. The van der Waals surface area contributed by atoms with E-state index in [0.717, 1.165) is 0 Å². The number of aromatic nitrogens is 4. The van der Waals surface area contributed by atoms with Gasteiger partial charge in [0.1, 0.15) is 5.69 Å². The molecule has 1 N–H and O–H groups in total. The third kappa shape index (κ3) is 3.90. The molecule has 3 aromatic rings. The van der Waals surface area contributed by atoms with Crippen molar-refractivity contribution in [3.05, 3.63) is 52.1 Å². The number of nitrogens with zero attached hydrogens (tertiary/aromatic N) is 4. The first-order chi connectivity index (χ1) is 12.1. The topological polar surface area (TPSA) is 105 Å². The molecule has 25 heavy (non-hydrogen) atoms. The molecule has 0 bridgehead atoms. The molecule has 2 aromatic heterocycles. The van der Waals surface area contributed by atoms with E-state index in [1.807, 2.05) is 25.1 Å². The van der Waals surface area contributed by atoms with Gasteiger partial charge in [-0.2, -0.15) is 0 Å². The molecule has 1 amide bonds. The Labute approximate surface area is 143 Å². The van der Waals surface area contributed by atoms with Crippen molar-refractivity contribution in [2.24, 2.45) is 0 Å². The van der Waals surface area contributed by atoms with Crippen LogP contribution in [0.1, 0.15) is 30.8 Å². The zero-order chi connectivity index (χ0) is 17.8. The summed E-state index contributed by atoms with van der Waals surface area (Å²) in [4.78, 5) is 33.0. The van der Waals surface area contributed by atoms with Gasteiger partial charge in [-0.3, -0.25) is 9.59 Å². The van der Waals surface area contributed by atoms with E-state index in [-0.39, 0.29) is 30.9 Å². The third-order valence-electron chi connectivity index (χ3n) is 3.85. The molecule has 0 saturated heterocycles. The van der Waals surface area contributed by atoms with Gasteiger partial charge in [0.05, 0.1) is 17.6 Å². The molecule has 2 heterocycles. The highest BCUT2D eigenvalue weighted by atomic mass is 16.4. The van der Waals surface area contributed by atoms with Gasteiger partial charge >= 0.3 is 0 Å². The SMILES string of the molecule is CCc1nnc(CN(C)C(=O)CCc2nc3ccccc3[nH]c2=O)o1. The minimum Gasteiger partial charge on any atom is -0.423 e. The summed E-state index contributed by atoms with van der Waals surface area (Å²) in [5.41, 5.74) is 1.48. The van der Waals surface area contributed by atoms with E-state index in [1.165, 1.54) is 4.90 Å². The van der Waals surface area contributed by atoms with Crippen LogP contribution in [0.3, 0.4) is 0 Å². The third-order valence-corrected chi connectivity index (χ3v) is 3.85. The van der Waals surface area contributed by atoms with E-state index in [2.05, 4.69) is 20.2 Å². The quantitative estimate of drug-likeness (QED) is 0.728. The van der Waals surface area contributed by atoms with Crippen molar-refractivity contribution < 1.29 is 9.21 Å². The Hall–Kier alpha value is -3.03. The number of hydrogen-bond donors (Lipinski definition) is 1. The second kappa shape index (κ2) is 7.25. The molecule has 0 radical (unpaired) electrons. The van der Waals surface area contributed by atoms with Gasteiger partial charge in [-0.15, -0.1) is 10.2 Å². The summed E-state index contributed by atoms with van der Waals surface area (Å²) in [7, 11) is 1.66. The molecule has 8 nitrogen and oxygen atoms in total. The zero-order valence-electron chi connectivity index (χ0n) is 14.2. The number of aromatic amines is 1. The van der Waals surface area contributed by atoms with E-state index >= 15 is 0 Å². The Bertz CT molecular complexity index is 947. The lowest BCUT2D eigenvalue weighted by Gasteiger charge is -2.14. The first-order valence-corrected chi connectivity index (χ1v) is 8.10. The number of para-hydroxylation sites is 2. The number of carbonyl (C=O) groups excluding carboxylic acids is 1. The van der Waals surface area contributed by atoms with Gasteiger partial charge in [0.25, 0.3) is 5.56 Å². The largest absolute Gasteiger partial charge is 0.423 e. The summed E-state index contributed by atoms with van der Waals surface area (Å²) in [5, 5.41) is 7.77. The Morgan fingerprint density at radius 1 is 1.24 bits per heavy atom. The van der Waals surface area contributed by atoms with E-state index < -0.39 is 0 Å². The molecule has 0 spiro atoms. The van der Waals surface area contributed by atoms with Gasteiger partial charge < -0.3 is 14.3 Å². The van der Waals surface area contributed by atoms with Crippen molar-refractivity contribution >= 4 is 16.9 Å². The van der Waals surface area contributed by atoms with Crippen LogP contribution in [0.5, 0.6) is 0 Å². The summed E-state index contributed by atoms with van der Waals surface area (Å²) in [5.74, 6) is 0.822. The molecular formula is C17H19N5O3. The van der Waals surface area contributed by atoms with Crippen LogP contribution in [-0.2, 0) is 24.2 Å². The molecule has 0 saturated carbocycles. The van der Waals surface area contributed by atoms with Crippen LogP contribution < -0.4 is 5.56 Å². The predicted octanol–water partition coefficient (Wildman–Crippen LogP) is 1.46. The maximum absolute atomic E-state index is 12.3. The number of fused-ring (bicyclic) bond motifs is 1. The smallest absolute Gasteiger partial charge is 0.270 e. The van der Waals surface area contributed by atoms with E-state index in [0.29, 0.717) is 34.9 Å². The molecule has 0 aliphatic carbocycles. The summed E-state index contributed by atoms with van der Waals surface area (Å²) >= 11 is 0. The van der Waals surface area contributed by atoms with Crippen LogP contribution in [0.25, 0.3) is 11.0 Å². The van der Waals surface area contributed by atoms with E-state index in [9.17, 15) is 9.59 Å². The molecule has 0 aliphatic heterocycles. The molecular weight excluding hydrogens is 322 g/mol. The molecule has 0 unspecified atom stereocenters. The average molecular weight is 341 g/mol. The molecule has 3 rings (SSSR count). The minimum atomic E-state index is -0.265. The normalized spacial score (nSPS) is 11.0. The highest BCUT2D eigenvalue weighted by Crippen LogP contribution is 2.08. The van der Waals surface area contributed by atoms with Gasteiger partial charge in [-0.25, -0.2) is 4.98 Å². The van der Waals surface area contributed by atoms with Gasteiger partial charge in [0, 0.05) is 26.3 Å². The van der Waals surface area contributed by atoms with Gasteiger partial charge in [-0.1, -0.05) is 19.1 Å². The summed E-state index contributed by atoms with van der Waals surface area (Å²) < 4.78 is 5.40. The Morgan fingerprint density at radius 2 is 2.00 bits per heavy atom. The summed E-state index contributed by atoms with van der Waals surface area (Å²) in [6, 6.07) is 7.30. The minimum absolute atomic E-state index is 0.120. The maximum atomic E-state index is 12.3. The number of nitrogens with one attached hydrogen (secondary N) is 1. The average Bonchev–Trinajstić information content (AvgIpc) is 3.07. The second-order valence-corrected chi connectivity index (χ2v) is 5.72. The lowest BCUT2D eigenvalue weighted by Crippen LogP contribution is -2.27. The van der Waals surface area contributed by atoms with E-state index in [1.54, 1.807) is 13.1 Å². The van der Waals surface area contributed by atoms with Crippen LogP contribution >= 0.6 is 0 Å². The van der Waals surface area contributed by atoms with Gasteiger partial charge in [0.15, 0.2) is 0 Å². The number of rotatable bonds is 6. The zero-order valence-corrected chi connectivity index (χ0v) is 14.2. The Balaban J connectivity index is 1.63. The number of hydrogen-bond acceptors (Lipinski definition) is 6. The fourth-order valence-electron chi connectivity index (χ4n) is 2.44. The van der Waals surface area contributed by atoms with Crippen molar-refractivity contribution in [3.8, 4) is 0 Å². The van der Waals surface area contributed by atoms with Gasteiger partial charge in [0.2, 0.25) is 17.7 Å². The summed E-state index contributed by atoms with van der Waals surface area (Å²) in [6.45, 7) is 2.16. The lowest BCUT2D eigenvalue weighted by atomic mass is 10.2. The van der Waals surface area contributed by atoms with Crippen LogP contribution in [0.4, 0.5) is 0 Å². The first kappa shape index (κ1) is 16.8. The highest BCUT2D eigenvalue weighted by molar-refractivity contribution is 5.76. The van der Waals surface area contributed by atoms with Crippen molar-refractivity contribution in [1.82, 2.24) is 25.1 Å². The molecule has 0 atom stereocenters. The maximum Gasteiger partial charge on any atom is 0.270 e. The Kier molecular flexibility index (Phi) is 4.87. The van der Waals surface area contributed by atoms with Crippen LogP contribution in [0, 0.1) is 0 Å². The van der Waals surface area contributed by atoms with E-state index in [4.69, 9.17) is 4.42 Å². The van der Waals surface area contributed by atoms with Crippen LogP contribution in [-0.4, -0.2) is 38.0 Å². The van der Waals surface area contributed by atoms with Crippen molar-refractivity contribution in [1.29, 1.82) is 0 Å². The molecule has 130 valence electrons. The standard InChI is InChI=1S/C17H19N5O3/c1-3-14-20-21-15(25-14)10-22(2)16(23)9-8-13-17(24)19-12-7-5-4-6-11(12)18-13/h4-7H,3,8-10H2,1-2H3,(H,19,24). The van der Waals surface area contributed by atoms with Crippen LogP contribution in [0.2, 0.25) is 0 Å². The Morgan fingerprint density at radius 3 is 2.76 bits per heavy atom. The molecule has 1 aromatic carbocycles. The number of benzene rings is 1. The number of H-pyrrole nitrogens is 1. The van der Waals surface area contributed by atoms with Crippen molar-refractivity contribution in [2.75, 3.05) is 7.05 Å². The van der Waals surface area contributed by atoms with Crippen molar-refractivity contribution in [2.45, 2.75) is 32.7 Å². The first-order valence-electron chi connectivity index (χ1n) is 8.10. The van der Waals surface area contributed by atoms with Gasteiger partial charge in [-0.05, 0) is 12.1 Å². The highest BCUT2D eigenvalue weighted by Gasteiger charge is 2.15. The fraction of sp³-hybridized carbons (Fsp3) is 0.353. The second-order valence-electron chi connectivity index (χ2n) is 5.72. The molecule has 0 aliphatic rings. The number of carbonyl (C=O) groups is 1. The number of aryl methyl sites for hydroxylation is 2. The van der Waals surface area contributed by atoms with Crippen molar-refractivity contribution in [3.63, 3.8) is 0 Å². The molecule has 8 heteroatoms. The monoisotopic (exact) mass is 341 g/mol. The fourth-order valence-corrected chi connectivity index (χ4v) is 2.44. The van der Waals surface area contributed by atoms with Crippen LogP contribution in [0.15, 0.2) is 33.5 Å². The lowest BCUT2D eigenvalue weighted by molar-refractivity contribution is -0.130. The predicted molar refractivity (Wildman–Crippen MR) is 90.8 cm³/mol. The summed E-state index contributed by atoms with van der Waals surface area (Å²) in [6.07, 6.45) is 1.11.